The number of aromatic amines is 1. The van der Waals surface area contributed by atoms with Crippen molar-refractivity contribution in [3.05, 3.63) is 58.5 Å². The van der Waals surface area contributed by atoms with Gasteiger partial charge in [0.15, 0.2) is 0 Å². The van der Waals surface area contributed by atoms with Crippen LogP contribution >= 0.6 is 23.2 Å². The molecule has 0 saturated heterocycles. The Morgan fingerprint density at radius 3 is 2.45 bits per heavy atom. The smallest absolute Gasteiger partial charge is 0.139 e. The van der Waals surface area contributed by atoms with Crippen molar-refractivity contribution < 1.29 is 0 Å². The van der Waals surface area contributed by atoms with E-state index in [1.807, 2.05) is 25.1 Å². The summed E-state index contributed by atoms with van der Waals surface area (Å²) in [5, 5.41) is 1.18. The van der Waals surface area contributed by atoms with E-state index in [-0.39, 0.29) is 0 Å². The van der Waals surface area contributed by atoms with Crippen molar-refractivity contribution >= 4 is 23.2 Å². The molecular formula is C15H11Cl2N3. The summed E-state index contributed by atoms with van der Waals surface area (Å²) in [5.41, 5.74) is 3.35. The van der Waals surface area contributed by atoms with Gasteiger partial charge in [0.05, 0.1) is 15.7 Å². The Labute approximate surface area is 126 Å². The minimum absolute atomic E-state index is 0.588. The number of benzene rings is 1. The highest BCUT2D eigenvalue weighted by molar-refractivity contribution is 6.39. The van der Waals surface area contributed by atoms with Gasteiger partial charge in [-0.25, -0.2) is 4.98 Å². The lowest BCUT2D eigenvalue weighted by Gasteiger charge is -2.04. The molecule has 0 fully saturated rings. The molecule has 3 aromatic rings. The lowest BCUT2D eigenvalue weighted by molar-refractivity contribution is 1.23. The molecule has 5 heteroatoms. The average molecular weight is 304 g/mol. The molecule has 3 nitrogen and oxygen atoms in total. The summed E-state index contributed by atoms with van der Waals surface area (Å²) in [6, 6.07) is 9.25. The Balaban J connectivity index is 2.15. The van der Waals surface area contributed by atoms with Gasteiger partial charge >= 0.3 is 0 Å². The fourth-order valence-electron chi connectivity index (χ4n) is 2.07. The number of hydrogen-bond donors (Lipinski definition) is 1. The molecule has 20 heavy (non-hydrogen) atoms. The molecule has 3 rings (SSSR count). The standard InChI is InChI=1S/C15H11Cl2N3/c1-9-14(13-11(16)5-2-6-12(13)17)20-15(19-9)10-4-3-7-18-8-10/h2-8H,1H3,(H,19,20). The number of nitrogens with zero attached hydrogens (tertiary/aromatic N) is 2. The Kier molecular flexibility index (Phi) is 3.47. The SMILES string of the molecule is Cc1[nH]c(-c2cccnc2)nc1-c1c(Cl)cccc1Cl. The van der Waals surface area contributed by atoms with Gasteiger partial charge in [0.2, 0.25) is 0 Å². The first-order chi connectivity index (χ1) is 9.66. The van der Waals surface area contributed by atoms with Crippen molar-refractivity contribution in [1.82, 2.24) is 15.0 Å². The van der Waals surface area contributed by atoms with Crippen molar-refractivity contribution in [2.45, 2.75) is 6.92 Å². The van der Waals surface area contributed by atoms with Crippen LogP contribution in [0.25, 0.3) is 22.6 Å². The van der Waals surface area contributed by atoms with E-state index in [1.54, 1.807) is 24.5 Å². The molecule has 0 radical (unpaired) electrons. The second-order valence-corrected chi connectivity index (χ2v) is 5.21. The maximum absolute atomic E-state index is 6.24. The van der Waals surface area contributed by atoms with Gasteiger partial charge in [0, 0.05) is 29.2 Å². The Bertz CT molecular complexity index is 731. The fourth-order valence-corrected chi connectivity index (χ4v) is 2.64. The molecule has 0 atom stereocenters. The van der Waals surface area contributed by atoms with Crippen LogP contribution in [0.15, 0.2) is 42.7 Å². The Hall–Kier alpha value is -1.84. The molecule has 0 unspecified atom stereocenters. The molecule has 0 bridgehead atoms. The molecule has 1 N–H and O–H groups in total. The van der Waals surface area contributed by atoms with Crippen molar-refractivity contribution in [2.24, 2.45) is 0 Å². The van der Waals surface area contributed by atoms with E-state index in [0.29, 0.717) is 10.0 Å². The van der Waals surface area contributed by atoms with E-state index in [9.17, 15) is 0 Å². The molecule has 2 aromatic heterocycles. The van der Waals surface area contributed by atoms with Gasteiger partial charge in [-0.1, -0.05) is 29.3 Å². The summed E-state index contributed by atoms with van der Waals surface area (Å²) in [6.07, 6.45) is 3.49. The molecule has 0 saturated carbocycles. The molecule has 0 aliphatic carbocycles. The molecule has 0 aliphatic rings. The summed E-state index contributed by atoms with van der Waals surface area (Å²) in [7, 11) is 0. The van der Waals surface area contributed by atoms with Crippen LogP contribution in [-0.4, -0.2) is 15.0 Å². The number of aromatic nitrogens is 3. The van der Waals surface area contributed by atoms with E-state index in [1.165, 1.54) is 0 Å². The zero-order valence-corrected chi connectivity index (χ0v) is 12.2. The van der Waals surface area contributed by atoms with Crippen molar-refractivity contribution in [1.29, 1.82) is 0 Å². The van der Waals surface area contributed by atoms with Crippen LogP contribution in [0, 0.1) is 6.92 Å². The maximum atomic E-state index is 6.24. The second-order valence-electron chi connectivity index (χ2n) is 4.40. The van der Waals surface area contributed by atoms with Gasteiger partial charge < -0.3 is 4.98 Å². The van der Waals surface area contributed by atoms with Crippen LogP contribution < -0.4 is 0 Å². The van der Waals surface area contributed by atoms with Crippen molar-refractivity contribution in [3.63, 3.8) is 0 Å². The summed E-state index contributed by atoms with van der Waals surface area (Å²) in [4.78, 5) is 11.9. The summed E-state index contributed by atoms with van der Waals surface area (Å²) in [5.74, 6) is 0.751. The monoisotopic (exact) mass is 303 g/mol. The molecule has 100 valence electrons. The van der Waals surface area contributed by atoms with Gasteiger partial charge in [0.25, 0.3) is 0 Å². The molecule has 2 heterocycles. The van der Waals surface area contributed by atoms with E-state index in [4.69, 9.17) is 23.2 Å². The van der Waals surface area contributed by atoms with E-state index in [0.717, 1.165) is 28.3 Å². The Morgan fingerprint density at radius 1 is 1.05 bits per heavy atom. The number of rotatable bonds is 2. The van der Waals surface area contributed by atoms with E-state index < -0.39 is 0 Å². The third-order valence-electron chi connectivity index (χ3n) is 3.02. The van der Waals surface area contributed by atoms with Crippen LogP contribution in [0.5, 0.6) is 0 Å². The lowest BCUT2D eigenvalue weighted by atomic mass is 10.1. The number of nitrogens with one attached hydrogen (secondary N) is 1. The maximum Gasteiger partial charge on any atom is 0.139 e. The van der Waals surface area contributed by atoms with Gasteiger partial charge in [-0.2, -0.15) is 0 Å². The zero-order valence-electron chi connectivity index (χ0n) is 10.7. The number of hydrogen-bond acceptors (Lipinski definition) is 2. The fraction of sp³-hybridized carbons (Fsp3) is 0.0667. The third-order valence-corrected chi connectivity index (χ3v) is 3.65. The number of halogens is 2. The topological polar surface area (TPSA) is 41.6 Å². The highest BCUT2D eigenvalue weighted by Gasteiger charge is 2.15. The minimum Gasteiger partial charge on any atom is -0.341 e. The first-order valence-electron chi connectivity index (χ1n) is 6.08. The highest BCUT2D eigenvalue weighted by Crippen LogP contribution is 2.36. The zero-order chi connectivity index (χ0) is 14.1. The van der Waals surface area contributed by atoms with Crippen LogP contribution in [0.4, 0.5) is 0 Å². The van der Waals surface area contributed by atoms with Crippen molar-refractivity contribution in [3.8, 4) is 22.6 Å². The summed E-state index contributed by atoms with van der Waals surface area (Å²) >= 11 is 12.5. The third kappa shape index (κ3) is 2.30. The second kappa shape index (κ2) is 5.27. The minimum atomic E-state index is 0.588. The molecule has 1 aromatic carbocycles. The number of imidazole rings is 1. The number of H-pyrrole nitrogens is 1. The first kappa shape index (κ1) is 13.2. The molecular weight excluding hydrogens is 293 g/mol. The van der Waals surface area contributed by atoms with Crippen LogP contribution in [0.1, 0.15) is 5.69 Å². The first-order valence-corrected chi connectivity index (χ1v) is 6.84. The molecule has 0 spiro atoms. The molecule has 0 amide bonds. The highest BCUT2D eigenvalue weighted by atomic mass is 35.5. The largest absolute Gasteiger partial charge is 0.341 e. The average Bonchev–Trinajstić information content (AvgIpc) is 2.82. The lowest BCUT2D eigenvalue weighted by Crippen LogP contribution is -1.85. The Morgan fingerprint density at radius 2 is 1.80 bits per heavy atom. The van der Waals surface area contributed by atoms with E-state index >= 15 is 0 Å². The van der Waals surface area contributed by atoms with Crippen molar-refractivity contribution in [2.75, 3.05) is 0 Å². The van der Waals surface area contributed by atoms with Crippen LogP contribution in [0.3, 0.4) is 0 Å². The predicted molar refractivity (Wildman–Crippen MR) is 82.0 cm³/mol. The van der Waals surface area contributed by atoms with Gasteiger partial charge in [-0.3, -0.25) is 4.98 Å². The molecule has 0 aliphatic heterocycles. The normalized spacial score (nSPS) is 10.8. The summed E-state index contributed by atoms with van der Waals surface area (Å²) < 4.78 is 0. The number of aryl methyl sites for hydroxylation is 1. The van der Waals surface area contributed by atoms with Gasteiger partial charge in [-0.05, 0) is 31.2 Å². The van der Waals surface area contributed by atoms with Crippen LogP contribution in [-0.2, 0) is 0 Å². The quantitative estimate of drug-likeness (QED) is 0.742. The summed E-state index contributed by atoms with van der Waals surface area (Å²) in [6.45, 7) is 1.95. The van der Waals surface area contributed by atoms with Gasteiger partial charge in [0.1, 0.15) is 5.82 Å². The predicted octanol–water partition coefficient (Wildman–Crippen LogP) is 4.75. The number of pyridine rings is 1. The van der Waals surface area contributed by atoms with Gasteiger partial charge in [-0.15, -0.1) is 0 Å². The van der Waals surface area contributed by atoms with E-state index in [2.05, 4.69) is 15.0 Å². The van der Waals surface area contributed by atoms with Crippen LogP contribution in [0.2, 0.25) is 10.0 Å².